The maximum absolute atomic E-state index is 12.8. The third kappa shape index (κ3) is 3.86. The molecule has 0 spiro atoms. The van der Waals surface area contributed by atoms with E-state index in [1.807, 2.05) is 18.7 Å². The number of alkyl halides is 3. The second kappa shape index (κ2) is 7.05. The molecule has 1 amide bonds. The van der Waals surface area contributed by atoms with Gasteiger partial charge in [0.05, 0.1) is 5.56 Å². The Kier molecular flexibility index (Phi) is 4.97. The van der Waals surface area contributed by atoms with Crippen LogP contribution in [-0.4, -0.2) is 43.1 Å². The van der Waals surface area contributed by atoms with Crippen LogP contribution in [0.3, 0.4) is 0 Å². The zero-order chi connectivity index (χ0) is 18.9. The number of tetrazole rings is 1. The van der Waals surface area contributed by atoms with Crippen molar-refractivity contribution in [1.29, 1.82) is 0 Å². The van der Waals surface area contributed by atoms with Crippen molar-refractivity contribution in [2.75, 3.05) is 0 Å². The molecular weight excluding hydrogens is 347 g/mol. The summed E-state index contributed by atoms with van der Waals surface area (Å²) >= 11 is 0. The molecule has 0 saturated carbocycles. The average Bonchev–Trinajstić information content (AvgIpc) is 3.02. The summed E-state index contributed by atoms with van der Waals surface area (Å²) in [4.78, 5) is 15.5. The Balaban J connectivity index is 1.75. The summed E-state index contributed by atoms with van der Waals surface area (Å²) in [7, 11) is 0. The smallest absolute Gasteiger partial charge is 0.336 e. The molecule has 0 N–H and O–H groups in total. The Hall–Kier alpha value is -2.45. The molecule has 1 aliphatic rings. The summed E-state index contributed by atoms with van der Waals surface area (Å²) in [5.74, 6) is -0.0543. The Bertz CT molecular complexity index is 779. The van der Waals surface area contributed by atoms with Crippen molar-refractivity contribution in [3.05, 3.63) is 29.8 Å². The van der Waals surface area contributed by atoms with Gasteiger partial charge in [-0.05, 0) is 50.5 Å². The molecule has 0 bridgehead atoms. The largest absolute Gasteiger partial charge is 0.416 e. The second-order valence-electron chi connectivity index (χ2n) is 6.65. The van der Waals surface area contributed by atoms with Crippen molar-refractivity contribution >= 4 is 5.91 Å². The zero-order valence-corrected chi connectivity index (χ0v) is 14.6. The SMILES string of the molecule is C[C@@H]1CCC[C@H](C)N1C(=O)Cn1nnc(-c2cccc(C(F)(F)F)c2)n1. The van der Waals surface area contributed by atoms with Crippen LogP contribution >= 0.6 is 0 Å². The normalized spacial score (nSPS) is 21.0. The lowest BCUT2D eigenvalue weighted by atomic mass is 9.97. The summed E-state index contributed by atoms with van der Waals surface area (Å²) in [6.07, 6.45) is -1.44. The molecule has 0 unspecified atom stereocenters. The summed E-state index contributed by atoms with van der Waals surface area (Å²) in [6.45, 7) is 3.94. The predicted octanol–water partition coefficient (Wildman–Crippen LogP) is 3.15. The highest BCUT2D eigenvalue weighted by molar-refractivity contribution is 5.76. The zero-order valence-electron chi connectivity index (χ0n) is 14.6. The number of carbonyl (C=O) groups excluding carboxylic acids is 1. The van der Waals surface area contributed by atoms with Crippen LogP contribution in [0.4, 0.5) is 13.2 Å². The van der Waals surface area contributed by atoms with E-state index in [1.165, 1.54) is 12.1 Å². The van der Waals surface area contributed by atoms with Gasteiger partial charge in [0, 0.05) is 17.6 Å². The van der Waals surface area contributed by atoms with Crippen molar-refractivity contribution in [3.63, 3.8) is 0 Å². The number of likely N-dealkylation sites (tertiary alicyclic amines) is 1. The fourth-order valence-electron chi connectivity index (χ4n) is 3.38. The lowest BCUT2D eigenvalue weighted by Gasteiger charge is -2.38. The van der Waals surface area contributed by atoms with Gasteiger partial charge in [-0.2, -0.15) is 18.0 Å². The van der Waals surface area contributed by atoms with Crippen LogP contribution in [0.15, 0.2) is 24.3 Å². The number of piperidine rings is 1. The maximum atomic E-state index is 12.8. The molecule has 9 heteroatoms. The van der Waals surface area contributed by atoms with Gasteiger partial charge in [0.1, 0.15) is 6.54 Å². The van der Waals surface area contributed by atoms with Crippen LogP contribution in [-0.2, 0) is 17.5 Å². The van der Waals surface area contributed by atoms with Gasteiger partial charge >= 0.3 is 6.18 Å². The molecule has 2 heterocycles. The number of hydrogen-bond donors (Lipinski definition) is 0. The number of halogens is 3. The van der Waals surface area contributed by atoms with Crippen LogP contribution in [0, 0.1) is 0 Å². The van der Waals surface area contributed by atoms with Gasteiger partial charge < -0.3 is 4.90 Å². The lowest BCUT2D eigenvalue weighted by molar-refractivity contribution is -0.138. The van der Waals surface area contributed by atoms with Crippen molar-refractivity contribution in [2.24, 2.45) is 0 Å². The van der Waals surface area contributed by atoms with E-state index in [0.29, 0.717) is 0 Å². The van der Waals surface area contributed by atoms with Gasteiger partial charge in [-0.15, -0.1) is 10.2 Å². The summed E-state index contributed by atoms with van der Waals surface area (Å²) in [5.41, 5.74) is -0.573. The van der Waals surface area contributed by atoms with E-state index in [4.69, 9.17) is 0 Å². The van der Waals surface area contributed by atoms with E-state index in [0.717, 1.165) is 36.2 Å². The monoisotopic (exact) mass is 367 g/mol. The summed E-state index contributed by atoms with van der Waals surface area (Å²) < 4.78 is 38.5. The standard InChI is InChI=1S/C17H20F3N5O/c1-11-5-3-6-12(2)25(11)15(26)10-24-22-16(21-23-24)13-7-4-8-14(9-13)17(18,19)20/h4,7-9,11-12H,3,5-6,10H2,1-2H3/t11-,12+. The first-order valence-corrected chi connectivity index (χ1v) is 8.52. The van der Waals surface area contributed by atoms with Gasteiger partial charge in [0.2, 0.25) is 11.7 Å². The first-order chi connectivity index (χ1) is 12.3. The number of carbonyl (C=O) groups is 1. The highest BCUT2D eigenvalue weighted by Gasteiger charge is 2.31. The Morgan fingerprint density at radius 3 is 2.58 bits per heavy atom. The third-order valence-electron chi connectivity index (χ3n) is 4.66. The predicted molar refractivity (Wildman–Crippen MR) is 87.9 cm³/mol. The topological polar surface area (TPSA) is 63.9 Å². The van der Waals surface area contributed by atoms with Gasteiger partial charge in [0.25, 0.3) is 0 Å². The van der Waals surface area contributed by atoms with E-state index in [2.05, 4.69) is 15.4 Å². The molecule has 1 saturated heterocycles. The van der Waals surface area contributed by atoms with E-state index < -0.39 is 11.7 Å². The van der Waals surface area contributed by atoms with Crippen molar-refractivity contribution < 1.29 is 18.0 Å². The minimum atomic E-state index is -4.44. The Morgan fingerprint density at radius 2 is 1.92 bits per heavy atom. The van der Waals surface area contributed by atoms with Crippen molar-refractivity contribution in [2.45, 2.75) is 57.9 Å². The summed E-state index contributed by atoms with van der Waals surface area (Å²) in [6, 6.07) is 5.03. The lowest BCUT2D eigenvalue weighted by Crippen LogP contribution is -2.48. The van der Waals surface area contributed by atoms with E-state index in [9.17, 15) is 18.0 Å². The number of aromatic nitrogens is 4. The van der Waals surface area contributed by atoms with Crippen LogP contribution < -0.4 is 0 Å². The minimum absolute atomic E-state index is 0.0589. The number of benzene rings is 1. The molecule has 1 aromatic carbocycles. The minimum Gasteiger partial charge on any atom is -0.336 e. The fraction of sp³-hybridized carbons (Fsp3) is 0.529. The molecule has 2 atom stereocenters. The van der Waals surface area contributed by atoms with Crippen LogP contribution in [0.2, 0.25) is 0 Å². The molecule has 26 heavy (non-hydrogen) atoms. The Morgan fingerprint density at radius 1 is 1.23 bits per heavy atom. The van der Waals surface area contributed by atoms with Gasteiger partial charge in [-0.3, -0.25) is 4.79 Å². The van der Waals surface area contributed by atoms with E-state index in [-0.39, 0.29) is 35.9 Å². The molecule has 1 aromatic heterocycles. The van der Waals surface area contributed by atoms with Crippen LogP contribution in [0.5, 0.6) is 0 Å². The van der Waals surface area contributed by atoms with E-state index in [1.54, 1.807) is 0 Å². The molecule has 0 aliphatic carbocycles. The maximum Gasteiger partial charge on any atom is 0.416 e. The van der Waals surface area contributed by atoms with Gasteiger partial charge in [-0.25, -0.2) is 0 Å². The Labute approximate surface area is 149 Å². The number of rotatable bonds is 3. The molecular formula is C17H20F3N5O. The molecule has 3 rings (SSSR count). The summed E-state index contributed by atoms with van der Waals surface area (Å²) in [5, 5.41) is 11.7. The van der Waals surface area contributed by atoms with Crippen LogP contribution in [0.1, 0.15) is 38.7 Å². The molecule has 6 nitrogen and oxygen atoms in total. The highest BCUT2D eigenvalue weighted by Crippen LogP contribution is 2.31. The number of hydrogen-bond acceptors (Lipinski definition) is 4. The first kappa shape index (κ1) is 18.3. The van der Waals surface area contributed by atoms with Crippen molar-refractivity contribution in [3.8, 4) is 11.4 Å². The van der Waals surface area contributed by atoms with Crippen LogP contribution in [0.25, 0.3) is 11.4 Å². The molecule has 0 radical (unpaired) electrons. The quantitative estimate of drug-likeness (QED) is 0.836. The average molecular weight is 367 g/mol. The second-order valence-corrected chi connectivity index (χ2v) is 6.65. The fourth-order valence-corrected chi connectivity index (χ4v) is 3.38. The first-order valence-electron chi connectivity index (χ1n) is 8.52. The molecule has 1 fully saturated rings. The van der Waals surface area contributed by atoms with Gasteiger partial charge in [-0.1, -0.05) is 12.1 Å². The molecule has 140 valence electrons. The van der Waals surface area contributed by atoms with Crippen molar-refractivity contribution in [1.82, 2.24) is 25.1 Å². The highest BCUT2D eigenvalue weighted by atomic mass is 19.4. The number of amides is 1. The number of nitrogens with zero attached hydrogens (tertiary/aromatic N) is 5. The van der Waals surface area contributed by atoms with E-state index >= 15 is 0 Å². The molecule has 2 aromatic rings. The molecule has 1 aliphatic heterocycles. The van der Waals surface area contributed by atoms with Gasteiger partial charge in [0.15, 0.2) is 0 Å². The third-order valence-corrected chi connectivity index (χ3v) is 4.66.